The van der Waals surface area contributed by atoms with Gasteiger partial charge < -0.3 is 14.6 Å². The number of carbonyl (C=O) groups is 2. The zero-order chi connectivity index (χ0) is 19.3. The summed E-state index contributed by atoms with van der Waals surface area (Å²) in [5.41, 5.74) is 4.85. The molecule has 26 heavy (non-hydrogen) atoms. The van der Waals surface area contributed by atoms with E-state index in [4.69, 9.17) is 16.7 Å². The highest BCUT2D eigenvalue weighted by Gasteiger charge is 2.21. The second kappa shape index (κ2) is 8.90. The van der Waals surface area contributed by atoms with Crippen molar-refractivity contribution in [1.29, 1.82) is 0 Å². The van der Waals surface area contributed by atoms with E-state index in [1.807, 2.05) is 51.1 Å². The van der Waals surface area contributed by atoms with Crippen LogP contribution in [-0.4, -0.2) is 27.4 Å². The highest BCUT2D eigenvalue weighted by atomic mass is 35.5. The molecule has 0 aliphatic rings. The predicted octanol–water partition coefficient (Wildman–Crippen LogP) is 3.91. The number of carboxylic acid groups (broad SMARTS) is 1. The number of anilines is 1. The number of hydrogen-bond acceptors (Lipinski definition) is 2. The highest BCUT2D eigenvalue weighted by molar-refractivity contribution is 6.29. The number of carbonyl (C=O) groups excluding carboxylic acids is 1. The maximum Gasteiger partial charge on any atom is 0.303 e. The fourth-order valence-electron chi connectivity index (χ4n) is 3.31. The Morgan fingerprint density at radius 1 is 1.12 bits per heavy atom. The standard InChI is InChI=1S/C20H25ClN2O3/c1-4-22-16(10-11-19(25)26)8-9-17(22)13-23(18(24)12-21)20-14(2)6-5-7-15(20)3/h5-9H,4,10-13H2,1-3H3,(H,25,26). The van der Waals surface area contributed by atoms with Gasteiger partial charge >= 0.3 is 5.97 Å². The SMILES string of the molecule is CCn1c(CCC(=O)O)ccc1CN(C(=O)CCl)c1c(C)cccc1C. The van der Waals surface area contributed by atoms with Crippen LogP contribution in [0.25, 0.3) is 0 Å². The van der Waals surface area contributed by atoms with Crippen LogP contribution in [0.5, 0.6) is 0 Å². The Balaban J connectivity index is 2.38. The summed E-state index contributed by atoms with van der Waals surface area (Å²) in [4.78, 5) is 25.1. The second-order valence-corrected chi connectivity index (χ2v) is 6.58. The Morgan fingerprint density at radius 2 is 1.73 bits per heavy atom. The number of amides is 1. The summed E-state index contributed by atoms with van der Waals surface area (Å²) in [6.07, 6.45) is 0.556. The molecule has 0 spiro atoms. The van der Waals surface area contributed by atoms with E-state index in [1.165, 1.54) is 0 Å². The molecule has 1 heterocycles. The summed E-state index contributed by atoms with van der Waals surface area (Å²) in [6, 6.07) is 9.83. The molecule has 0 aliphatic carbocycles. The van der Waals surface area contributed by atoms with Crippen LogP contribution >= 0.6 is 11.6 Å². The maximum atomic E-state index is 12.5. The Labute approximate surface area is 159 Å². The van der Waals surface area contributed by atoms with Crippen LogP contribution in [-0.2, 0) is 29.1 Å². The molecular formula is C20H25ClN2O3. The summed E-state index contributed by atoms with van der Waals surface area (Å²) in [6.45, 7) is 7.09. The molecule has 1 N–H and O–H groups in total. The predicted molar refractivity (Wildman–Crippen MR) is 104 cm³/mol. The number of benzene rings is 1. The van der Waals surface area contributed by atoms with Gasteiger partial charge in [-0.05, 0) is 50.5 Å². The molecule has 0 unspecified atom stereocenters. The Hall–Kier alpha value is -2.27. The monoisotopic (exact) mass is 376 g/mol. The van der Waals surface area contributed by atoms with Gasteiger partial charge in [-0.1, -0.05) is 18.2 Å². The van der Waals surface area contributed by atoms with Crippen molar-refractivity contribution in [3.8, 4) is 0 Å². The summed E-state index contributed by atoms with van der Waals surface area (Å²) in [5.74, 6) is -1.06. The Morgan fingerprint density at radius 3 is 2.27 bits per heavy atom. The van der Waals surface area contributed by atoms with Crippen LogP contribution < -0.4 is 4.90 Å². The Bertz CT molecular complexity index is 778. The molecule has 2 aromatic rings. The summed E-state index contributed by atoms with van der Waals surface area (Å²) >= 11 is 5.87. The number of nitrogens with zero attached hydrogens (tertiary/aromatic N) is 2. The number of aryl methyl sites for hydroxylation is 3. The van der Waals surface area contributed by atoms with Gasteiger partial charge in [0, 0.05) is 23.6 Å². The van der Waals surface area contributed by atoms with Gasteiger partial charge in [0.2, 0.25) is 5.91 Å². The molecule has 1 amide bonds. The first kappa shape index (κ1) is 20.0. The molecule has 0 saturated carbocycles. The number of hydrogen-bond donors (Lipinski definition) is 1. The molecule has 0 atom stereocenters. The minimum absolute atomic E-state index is 0.0880. The number of aliphatic carboxylic acids is 1. The molecule has 2 rings (SSSR count). The third-order valence-electron chi connectivity index (χ3n) is 4.52. The van der Waals surface area contributed by atoms with Crippen LogP contribution in [0.2, 0.25) is 0 Å². The van der Waals surface area contributed by atoms with Gasteiger partial charge in [-0.25, -0.2) is 0 Å². The van der Waals surface area contributed by atoms with Crippen LogP contribution in [0, 0.1) is 13.8 Å². The lowest BCUT2D eigenvalue weighted by molar-refractivity contribution is -0.137. The third-order valence-corrected chi connectivity index (χ3v) is 4.75. The smallest absolute Gasteiger partial charge is 0.303 e. The van der Waals surface area contributed by atoms with Crippen molar-refractivity contribution in [2.24, 2.45) is 0 Å². The van der Waals surface area contributed by atoms with Gasteiger partial charge in [-0.2, -0.15) is 0 Å². The summed E-state index contributed by atoms with van der Waals surface area (Å²) in [5, 5.41) is 8.93. The first-order valence-electron chi connectivity index (χ1n) is 8.70. The van der Waals surface area contributed by atoms with Crippen molar-refractivity contribution in [3.63, 3.8) is 0 Å². The van der Waals surface area contributed by atoms with Crippen LogP contribution in [0.15, 0.2) is 30.3 Å². The normalized spacial score (nSPS) is 10.8. The third kappa shape index (κ3) is 4.47. The average Bonchev–Trinajstić information content (AvgIpc) is 2.99. The van der Waals surface area contributed by atoms with Crippen molar-refractivity contribution in [2.45, 2.75) is 46.7 Å². The first-order chi connectivity index (χ1) is 12.4. The van der Waals surface area contributed by atoms with Gasteiger partial charge in [0.15, 0.2) is 0 Å². The van der Waals surface area contributed by atoms with Crippen LogP contribution in [0.4, 0.5) is 5.69 Å². The lowest BCUT2D eigenvalue weighted by Gasteiger charge is -2.26. The van der Waals surface area contributed by atoms with E-state index in [0.717, 1.165) is 28.2 Å². The fraction of sp³-hybridized carbons (Fsp3) is 0.400. The quantitative estimate of drug-likeness (QED) is 0.710. The average molecular weight is 377 g/mol. The molecule has 6 heteroatoms. The maximum absolute atomic E-state index is 12.5. The van der Waals surface area contributed by atoms with Crippen molar-refractivity contribution in [3.05, 3.63) is 52.8 Å². The molecule has 0 saturated heterocycles. The van der Waals surface area contributed by atoms with E-state index in [2.05, 4.69) is 4.57 Å². The van der Waals surface area contributed by atoms with Gasteiger partial charge in [0.1, 0.15) is 5.88 Å². The lowest BCUT2D eigenvalue weighted by Crippen LogP contribution is -2.33. The summed E-state index contributed by atoms with van der Waals surface area (Å²) < 4.78 is 2.07. The van der Waals surface area contributed by atoms with E-state index in [0.29, 0.717) is 19.5 Å². The zero-order valence-electron chi connectivity index (χ0n) is 15.5. The number of carboxylic acids is 1. The minimum atomic E-state index is -0.815. The first-order valence-corrected chi connectivity index (χ1v) is 9.24. The van der Waals surface area contributed by atoms with Crippen molar-refractivity contribution >= 4 is 29.2 Å². The van der Waals surface area contributed by atoms with Gasteiger partial charge in [-0.15, -0.1) is 11.6 Å². The van der Waals surface area contributed by atoms with Crippen LogP contribution in [0.1, 0.15) is 35.9 Å². The van der Waals surface area contributed by atoms with E-state index < -0.39 is 5.97 Å². The molecule has 140 valence electrons. The minimum Gasteiger partial charge on any atom is -0.481 e. The van der Waals surface area contributed by atoms with Crippen molar-refractivity contribution in [2.75, 3.05) is 10.8 Å². The van der Waals surface area contributed by atoms with Crippen molar-refractivity contribution < 1.29 is 14.7 Å². The Kier molecular flexibility index (Phi) is 6.86. The molecule has 0 aliphatic heterocycles. The second-order valence-electron chi connectivity index (χ2n) is 6.31. The van der Waals surface area contributed by atoms with Crippen molar-refractivity contribution in [1.82, 2.24) is 4.57 Å². The molecular weight excluding hydrogens is 352 g/mol. The number of halogens is 1. The number of alkyl halides is 1. The molecule has 1 aromatic heterocycles. The largest absolute Gasteiger partial charge is 0.481 e. The van der Waals surface area contributed by atoms with E-state index in [9.17, 15) is 9.59 Å². The van der Waals surface area contributed by atoms with E-state index in [-0.39, 0.29) is 18.2 Å². The fourth-order valence-corrected chi connectivity index (χ4v) is 3.46. The van der Waals surface area contributed by atoms with Gasteiger partial charge in [0.05, 0.1) is 13.0 Å². The highest BCUT2D eigenvalue weighted by Crippen LogP contribution is 2.27. The molecule has 0 radical (unpaired) electrons. The summed E-state index contributed by atoms with van der Waals surface area (Å²) in [7, 11) is 0. The van der Waals surface area contributed by atoms with E-state index >= 15 is 0 Å². The number of rotatable bonds is 8. The number of para-hydroxylation sites is 1. The zero-order valence-corrected chi connectivity index (χ0v) is 16.2. The molecule has 0 fully saturated rings. The molecule has 5 nitrogen and oxygen atoms in total. The lowest BCUT2D eigenvalue weighted by atomic mass is 10.1. The molecule has 1 aromatic carbocycles. The van der Waals surface area contributed by atoms with Crippen LogP contribution in [0.3, 0.4) is 0 Å². The van der Waals surface area contributed by atoms with Gasteiger partial charge in [-0.3, -0.25) is 9.59 Å². The number of aromatic nitrogens is 1. The van der Waals surface area contributed by atoms with E-state index in [1.54, 1.807) is 4.90 Å². The van der Waals surface area contributed by atoms with Gasteiger partial charge in [0.25, 0.3) is 0 Å². The molecule has 0 bridgehead atoms. The topological polar surface area (TPSA) is 62.5 Å².